The monoisotopic (exact) mass is 206 g/mol. The molecule has 0 fully saturated rings. The van der Waals surface area contributed by atoms with Gasteiger partial charge in [0, 0.05) is 0 Å². The molecule has 80 valence electrons. The van der Waals surface area contributed by atoms with Crippen LogP contribution >= 0.6 is 0 Å². The molecule has 0 saturated carbocycles. The summed E-state index contributed by atoms with van der Waals surface area (Å²) < 4.78 is 16.6. The van der Waals surface area contributed by atoms with Gasteiger partial charge in [-0.15, -0.1) is 0 Å². The molecule has 0 aliphatic rings. The molecule has 1 nitrogen and oxygen atoms in total. The van der Waals surface area contributed by atoms with Crippen LogP contribution in [0.15, 0.2) is 67.5 Å². The predicted molar refractivity (Wildman–Crippen MR) is 61.9 cm³/mol. The van der Waals surface area contributed by atoms with Crippen molar-refractivity contribution in [1.29, 1.82) is 0 Å². The van der Waals surface area contributed by atoms with Crippen LogP contribution in [0.2, 0.25) is 0 Å². The Bertz CT molecular complexity index is 315. The van der Waals surface area contributed by atoms with Gasteiger partial charge in [0.05, 0.1) is 7.11 Å². The predicted octanol–water partition coefficient (Wildman–Crippen LogP) is 3.71. The third-order valence-electron chi connectivity index (χ3n) is 1.41. The number of hydrogen-bond donors (Lipinski definition) is 0. The van der Waals surface area contributed by atoms with Crippen LogP contribution in [-0.2, 0) is 4.74 Å². The zero-order valence-electron chi connectivity index (χ0n) is 8.82. The second-order valence-electron chi connectivity index (χ2n) is 2.56. The molecule has 0 unspecified atom stereocenters. The lowest BCUT2D eigenvalue weighted by Crippen LogP contribution is -1.74. The van der Waals surface area contributed by atoms with Crippen LogP contribution in [0.4, 0.5) is 4.39 Å². The van der Waals surface area contributed by atoms with E-state index >= 15 is 0 Å². The molecule has 0 aromatic heterocycles. The van der Waals surface area contributed by atoms with Crippen molar-refractivity contribution in [2.75, 3.05) is 7.11 Å². The Morgan fingerprint density at radius 3 is 2.27 bits per heavy atom. The van der Waals surface area contributed by atoms with Gasteiger partial charge >= 0.3 is 0 Å². The van der Waals surface area contributed by atoms with E-state index in [1.54, 1.807) is 43.5 Å². The fourth-order valence-corrected chi connectivity index (χ4v) is 0.658. The quantitative estimate of drug-likeness (QED) is 0.541. The molecule has 0 N–H and O–H groups in total. The highest BCUT2D eigenvalue weighted by molar-refractivity contribution is 5.12. The van der Waals surface area contributed by atoms with Crippen molar-refractivity contribution in [3.8, 4) is 0 Å². The summed E-state index contributed by atoms with van der Waals surface area (Å²) in [6.07, 6.45) is 5.18. The Morgan fingerprint density at radius 1 is 1.33 bits per heavy atom. The molecule has 2 heteroatoms. The minimum Gasteiger partial charge on any atom is -0.497 e. The van der Waals surface area contributed by atoms with Crippen molar-refractivity contribution < 1.29 is 9.13 Å². The van der Waals surface area contributed by atoms with Crippen LogP contribution in [0.5, 0.6) is 0 Å². The normalized spacial score (nSPS) is 8.93. The summed E-state index contributed by atoms with van der Waals surface area (Å²) in [5.74, 6) is 0.465. The van der Waals surface area contributed by atoms with Gasteiger partial charge in [0.15, 0.2) is 0 Å². The topological polar surface area (TPSA) is 9.23 Å². The molecule has 15 heavy (non-hydrogen) atoms. The smallest absolute Gasteiger partial charge is 0.123 e. The number of allylic oxidation sites excluding steroid dienone is 3. The van der Waals surface area contributed by atoms with Crippen molar-refractivity contribution in [1.82, 2.24) is 0 Å². The maximum Gasteiger partial charge on any atom is 0.123 e. The number of halogens is 1. The first-order valence-electron chi connectivity index (χ1n) is 4.43. The maximum absolute atomic E-state index is 11.9. The molecule has 1 aromatic rings. The van der Waals surface area contributed by atoms with Crippen LogP contribution in [0, 0.1) is 5.82 Å². The third kappa shape index (κ3) is 8.50. The molecule has 0 aliphatic carbocycles. The first kappa shape index (κ1) is 13.2. The van der Waals surface area contributed by atoms with Gasteiger partial charge < -0.3 is 4.74 Å². The molecule has 1 aromatic carbocycles. The second-order valence-corrected chi connectivity index (χ2v) is 2.56. The van der Waals surface area contributed by atoms with Crippen LogP contribution in [-0.4, -0.2) is 7.11 Å². The fourth-order valence-electron chi connectivity index (χ4n) is 0.658. The van der Waals surface area contributed by atoms with Crippen LogP contribution in [0.3, 0.4) is 0 Å². The molecule has 0 atom stereocenters. The SMILES string of the molecule is C=C/C=C\C(=C)OC.Fc1ccccc1. The van der Waals surface area contributed by atoms with E-state index in [4.69, 9.17) is 4.74 Å². The lowest BCUT2D eigenvalue weighted by molar-refractivity contribution is 0.309. The minimum absolute atomic E-state index is 0.178. The van der Waals surface area contributed by atoms with Gasteiger partial charge in [-0.2, -0.15) is 0 Å². The molecule has 0 aliphatic heterocycles. The molecule has 0 spiro atoms. The van der Waals surface area contributed by atoms with Crippen molar-refractivity contribution >= 4 is 0 Å². The Kier molecular flexibility index (Phi) is 7.69. The Hall–Kier alpha value is -1.83. The first-order valence-corrected chi connectivity index (χ1v) is 4.43. The number of hydrogen-bond acceptors (Lipinski definition) is 1. The van der Waals surface area contributed by atoms with E-state index in [-0.39, 0.29) is 5.82 Å². The molecular weight excluding hydrogens is 191 g/mol. The van der Waals surface area contributed by atoms with E-state index in [0.29, 0.717) is 5.76 Å². The highest BCUT2D eigenvalue weighted by Crippen LogP contribution is 1.92. The standard InChI is InChI=1S/C7H10O.C6H5F/c1-4-5-6-7(2)8-3;7-6-4-2-1-3-5-6/h4-6H,1-2H2,3H3;1-5H/b6-5-;. The van der Waals surface area contributed by atoms with Gasteiger partial charge in [-0.1, -0.05) is 43.5 Å². The molecule has 0 radical (unpaired) electrons. The fraction of sp³-hybridized carbons (Fsp3) is 0.0769. The minimum atomic E-state index is -0.178. The number of ether oxygens (including phenoxy) is 1. The average molecular weight is 206 g/mol. The van der Waals surface area contributed by atoms with Crippen molar-refractivity contribution in [2.24, 2.45) is 0 Å². The molecule has 0 bridgehead atoms. The lowest BCUT2D eigenvalue weighted by atomic mass is 10.4. The zero-order valence-corrected chi connectivity index (χ0v) is 8.82. The highest BCUT2D eigenvalue weighted by atomic mass is 19.1. The molecule has 0 saturated heterocycles. The van der Waals surface area contributed by atoms with Crippen LogP contribution < -0.4 is 0 Å². The summed E-state index contributed by atoms with van der Waals surface area (Å²) in [4.78, 5) is 0. The Balaban J connectivity index is 0.000000262. The van der Waals surface area contributed by atoms with E-state index in [2.05, 4.69) is 13.2 Å². The summed E-state index contributed by atoms with van der Waals surface area (Å²) >= 11 is 0. The van der Waals surface area contributed by atoms with Gasteiger partial charge in [-0.05, 0) is 18.2 Å². The molecular formula is C13H15FO. The van der Waals surface area contributed by atoms with Gasteiger partial charge in [0.2, 0.25) is 0 Å². The summed E-state index contributed by atoms with van der Waals surface area (Å²) in [6, 6.07) is 7.94. The average Bonchev–Trinajstić information content (AvgIpc) is 2.28. The summed E-state index contributed by atoms with van der Waals surface area (Å²) in [5.41, 5.74) is 0. The Labute approximate surface area is 90.2 Å². The zero-order chi connectivity index (χ0) is 11.5. The first-order chi connectivity index (χ1) is 7.20. The largest absolute Gasteiger partial charge is 0.497 e. The van der Waals surface area contributed by atoms with E-state index in [0.717, 1.165) is 0 Å². The van der Waals surface area contributed by atoms with Crippen molar-refractivity contribution in [3.05, 3.63) is 73.3 Å². The number of rotatable bonds is 3. The third-order valence-corrected chi connectivity index (χ3v) is 1.41. The van der Waals surface area contributed by atoms with E-state index in [9.17, 15) is 4.39 Å². The Morgan fingerprint density at radius 2 is 1.93 bits per heavy atom. The van der Waals surface area contributed by atoms with Crippen LogP contribution in [0.1, 0.15) is 0 Å². The van der Waals surface area contributed by atoms with Crippen molar-refractivity contribution in [2.45, 2.75) is 0 Å². The van der Waals surface area contributed by atoms with Gasteiger partial charge in [-0.25, -0.2) is 4.39 Å². The van der Waals surface area contributed by atoms with E-state index in [1.165, 1.54) is 12.1 Å². The highest BCUT2D eigenvalue weighted by Gasteiger charge is 1.77. The van der Waals surface area contributed by atoms with Gasteiger partial charge in [0.1, 0.15) is 11.6 Å². The molecule has 1 rings (SSSR count). The lowest BCUT2D eigenvalue weighted by Gasteiger charge is -1.92. The number of methoxy groups -OCH3 is 1. The number of benzene rings is 1. The summed E-state index contributed by atoms with van der Waals surface area (Å²) in [6.45, 7) is 7.04. The summed E-state index contributed by atoms with van der Waals surface area (Å²) in [5, 5.41) is 0. The maximum atomic E-state index is 11.9. The van der Waals surface area contributed by atoms with Gasteiger partial charge in [-0.3, -0.25) is 0 Å². The second kappa shape index (κ2) is 8.75. The molecule has 0 amide bonds. The van der Waals surface area contributed by atoms with E-state index in [1.807, 2.05) is 0 Å². The molecule has 0 heterocycles. The van der Waals surface area contributed by atoms with Crippen LogP contribution in [0.25, 0.3) is 0 Å². The summed E-state index contributed by atoms with van der Waals surface area (Å²) in [7, 11) is 1.58. The van der Waals surface area contributed by atoms with E-state index < -0.39 is 0 Å². The van der Waals surface area contributed by atoms with Gasteiger partial charge in [0.25, 0.3) is 0 Å². The van der Waals surface area contributed by atoms with Crippen molar-refractivity contribution in [3.63, 3.8) is 0 Å².